The van der Waals surface area contributed by atoms with Gasteiger partial charge in [-0.25, -0.2) is 4.79 Å². The summed E-state index contributed by atoms with van der Waals surface area (Å²) in [4.78, 5) is 33.2. The summed E-state index contributed by atoms with van der Waals surface area (Å²) in [5.74, 6) is -1.78. The molecule has 0 aliphatic heterocycles. The molecule has 0 aliphatic carbocycles. The van der Waals surface area contributed by atoms with E-state index >= 15 is 0 Å². The molecule has 3 N–H and O–H groups in total. The first-order valence-electron chi connectivity index (χ1n) is 10.6. The smallest absolute Gasteiger partial charge is 0.397 e. The predicted octanol–water partition coefficient (Wildman–Crippen LogP) is 3.71. The molecular formula is C25H28N4O3. The van der Waals surface area contributed by atoms with Crippen molar-refractivity contribution in [3.05, 3.63) is 82.4 Å². The fourth-order valence-electron chi connectivity index (χ4n) is 3.40. The monoisotopic (exact) mass is 432 g/mol. The molecule has 0 aliphatic rings. The Balaban J connectivity index is 1.62. The molecule has 3 aromatic rings. The summed E-state index contributed by atoms with van der Waals surface area (Å²) in [5, 5.41) is 2.56. The first-order valence-corrected chi connectivity index (χ1v) is 10.6. The summed E-state index contributed by atoms with van der Waals surface area (Å²) in [7, 11) is 0. The number of nitrogen functional groups attached to an aromatic ring is 1. The van der Waals surface area contributed by atoms with Gasteiger partial charge in [0.25, 0.3) is 0 Å². The van der Waals surface area contributed by atoms with E-state index in [1.54, 1.807) is 0 Å². The molecule has 1 aromatic carbocycles. The van der Waals surface area contributed by atoms with Crippen LogP contribution in [0.1, 0.15) is 40.7 Å². The Morgan fingerprint density at radius 3 is 2.50 bits per heavy atom. The minimum atomic E-state index is -0.945. The van der Waals surface area contributed by atoms with E-state index in [-0.39, 0.29) is 6.61 Å². The van der Waals surface area contributed by atoms with Gasteiger partial charge in [-0.1, -0.05) is 37.3 Å². The molecular weight excluding hydrogens is 404 g/mol. The maximum atomic E-state index is 12.2. The van der Waals surface area contributed by atoms with Gasteiger partial charge in [0.05, 0.1) is 23.3 Å². The average Bonchev–Trinajstić information content (AvgIpc) is 2.80. The highest BCUT2D eigenvalue weighted by atomic mass is 16.5. The Morgan fingerprint density at radius 1 is 1.03 bits per heavy atom. The lowest BCUT2D eigenvalue weighted by Crippen LogP contribution is -2.25. The topological polar surface area (TPSA) is 107 Å². The van der Waals surface area contributed by atoms with Gasteiger partial charge in [0.2, 0.25) is 0 Å². The summed E-state index contributed by atoms with van der Waals surface area (Å²) in [5.41, 5.74) is 12.9. The van der Waals surface area contributed by atoms with Crippen molar-refractivity contribution in [2.45, 2.75) is 46.6 Å². The van der Waals surface area contributed by atoms with Crippen molar-refractivity contribution in [1.29, 1.82) is 0 Å². The van der Waals surface area contributed by atoms with Crippen molar-refractivity contribution in [3.63, 3.8) is 0 Å². The second-order valence-corrected chi connectivity index (χ2v) is 7.61. The number of pyridine rings is 2. The number of anilines is 2. The molecule has 2 heterocycles. The third-order valence-corrected chi connectivity index (χ3v) is 5.29. The van der Waals surface area contributed by atoms with Crippen molar-refractivity contribution in [3.8, 4) is 0 Å². The molecule has 0 radical (unpaired) electrons. The molecule has 32 heavy (non-hydrogen) atoms. The Bertz CT molecular complexity index is 1110. The number of benzene rings is 1. The van der Waals surface area contributed by atoms with E-state index < -0.39 is 11.9 Å². The number of nitrogens with two attached hydrogens (primary N) is 1. The Morgan fingerprint density at radius 2 is 1.78 bits per heavy atom. The lowest BCUT2D eigenvalue weighted by Gasteiger charge is -2.12. The highest BCUT2D eigenvalue weighted by Gasteiger charge is 2.17. The van der Waals surface area contributed by atoms with E-state index in [4.69, 9.17) is 10.5 Å². The number of rotatable bonds is 7. The first kappa shape index (κ1) is 22.9. The molecule has 0 fully saturated rings. The van der Waals surface area contributed by atoms with Crippen LogP contribution in [0.3, 0.4) is 0 Å². The Kier molecular flexibility index (Phi) is 7.54. The van der Waals surface area contributed by atoms with Gasteiger partial charge >= 0.3 is 11.9 Å². The van der Waals surface area contributed by atoms with Gasteiger partial charge in [-0.05, 0) is 61.9 Å². The van der Waals surface area contributed by atoms with E-state index in [0.717, 1.165) is 40.2 Å². The summed E-state index contributed by atoms with van der Waals surface area (Å²) < 4.78 is 5.07. The molecule has 0 saturated heterocycles. The summed E-state index contributed by atoms with van der Waals surface area (Å²) >= 11 is 0. The van der Waals surface area contributed by atoms with Crippen LogP contribution in [-0.4, -0.2) is 21.8 Å². The molecule has 0 spiro atoms. The van der Waals surface area contributed by atoms with Gasteiger partial charge in [-0.15, -0.1) is 0 Å². The van der Waals surface area contributed by atoms with Crippen molar-refractivity contribution in [2.24, 2.45) is 0 Å². The van der Waals surface area contributed by atoms with Crippen LogP contribution in [0.15, 0.2) is 48.7 Å². The van der Waals surface area contributed by atoms with Gasteiger partial charge in [-0.3, -0.25) is 14.8 Å². The van der Waals surface area contributed by atoms with Crippen LogP contribution in [0, 0.1) is 13.8 Å². The zero-order valence-corrected chi connectivity index (χ0v) is 18.6. The number of nitrogens with one attached hydrogen (secondary N) is 1. The maximum absolute atomic E-state index is 12.2. The Hall–Kier alpha value is -3.74. The standard InChI is InChI=1S/C25H28N4O3/c1-4-19-13-22(26)23(28-17(19)3)11-10-20-12-21(14-27-16(20)2)29-24(30)25(31)32-15-18-8-6-5-7-9-18/h5-9,12-14H,4,10-11,15,26H2,1-3H3,(H,29,30). The summed E-state index contributed by atoms with van der Waals surface area (Å²) in [6, 6.07) is 13.0. The molecule has 3 rings (SSSR count). The largest absolute Gasteiger partial charge is 0.454 e. The van der Waals surface area contributed by atoms with Gasteiger partial charge in [0.1, 0.15) is 6.61 Å². The highest BCUT2D eigenvalue weighted by Crippen LogP contribution is 2.20. The minimum Gasteiger partial charge on any atom is -0.454 e. The van der Waals surface area contributed by atoms with Crippen LogP contribution in [0.25, 0.3) is 0 Å². The second kappa shape index (κ2) is 10.5. The number of amides is 1. The van der Waals surface area contributed by atoms with Crippen molar-refractivity contribution in [2.75, 3.05) is 11.1 Å². The zero-order valence-electron chi connectivity index (χ0n) is 18.6. The van der Waals surface area contributed by atoms with Gasteiger partial charge in [-0.2, -0.15) is 0 Å². The lowest BCUT2D eigenvalue weighted by atomic mass is 10.0. The van der Waals surface area contributed by atoms with E-state index in [0.29, 0.717) is 24.2 Å². The fraction of sp³-hybridized carbons (Fsp3) is 0.280. The molecule has 0 saturated carbocycles. The molecule has 0 unspecified atom stereocenters. The zero-order chi connectivity index (χ0) is 23.1. The quantitative estimate of drug-likeness (QED) is 0.435. The molecule has 2 aromatic heterocycles. The van der Waals surface area contributed by atoms with E-state index in [9.17, 15) is 9.59 Å². The highest BCUT2D eigenvalue weighted by molar-refractivity contribution is 6.37. The Labute approximate surface area is 188 Å². The SMILES string of the molecule is CCc1cc(N)c(CCc2cc(NC(=O)C(=O)OCc3ccccc3)cnc2C)nc1C. The number of aromatic nitrogens is 2. The number of hydrogen-bond donors (Lipinski definition) is 2. The van der Waals surface area contributed by atoms with E-state index in [2.05, 4.69) is 22.2 Å². The van der Waals surface area contributed by atoms with Gasteiger partial charge in [0.15, 0.2) is 0 Å². The predicted molar refractivity (Wildman–Crippen MR) is 124 cm³/mol. The van der Waals surface area contributed by atoms with Crippen LogP contribution in [-0.2, 0) is 40.2 Å². The minimum absolute atomic E-state index is 0.0369. The van der Waals surface area contributed by atoms with Crippen LogP contribution in [0.5, 0.6) is 0 Å². The van der Waals surface area contributed by atoms with E-state index in [1.807, 2.05) is 56.3 Å². The first-order chi connectivity index (χ1) is 15.4. The third kappa shape index (κ3) is 5.91. The number of aryl methyl sites for hydroxylation is 5. The normalized spacial score (nSPS) is 10.6. The van der Waals surface area contributed by atoms with Crippen LogP contribution in [0.4, 0.5) is 11.4 Å². The average molecular weight is 433 g/mol. The van der Waals surface area contributed by atoms with Crippen LogP contribution >= 0.6 is 0 Å². The number of hydrogen-bond acceptors (Lipinski definition) is 6. The van der Waals surface area contributed by atoms with E-state index in [1.165, 1.54) is 6.20 Å². The van der Waals surface area contributed by atoms with Crippen molar-refractivity contribution in [1.82, 2.24) is 9.97 Å². The number of carbonyl (C=O) groups excluding carboxylic acids is 2. The molecule has 0 atom stereocenters. The molecule has 7 heteroatoms. The fourth-order valence-corrected chi connectivity index (χ4v) is 3.40. The molecule has 166 valence electrons. The molecule has 0 bridgehead atoms. The summed E-state index contributed by atoms with van der Waals surface area (Å²) in [6.45, 7) is 6.00. The van der Waals surface area contributed by atoms with Crippen LogP contribution < -0.4 is 11.1 Å². The third-order valence-electron chi connectivity index (χ3n) is 5.29. The van der Waals surface area contributed by atoms with Crippen LogP contribution in [0.2, 0.25) is 0 Å². The number of esters is 1. The molecule has 7 nitrogen and oxygen atoms in total. The number of carbonyl (C=O) groups is 2. The van der Waals surface area contributed by atoms with Gasteiger partial charge in [0, 0.05) is 11.4 Å². The van der Waals surface area contributed by atoms with Crippen molar-refractivity contribution < 1.29 is 14.3 Å². The second-order valence-electron chi connectivity index (χ2n) is 7.61. The summed E-state index contributed by atoms with van der Waals surface area (Å²) in [6.07, 6.45) is 3.72. The lowest BCUT2D eigenvalue weighted by molar-refractivity contribution is -0.153. The number of nitrogens with zero attached hydrogens (tertiary/aromatic N) is 2. The van der Waals surface area contributed by atoms with Gasteiger partial charge < -0.3 is 15.8 Å². The number of ether oxygens (including phenoxy) is 1. The maximum Gasteiger partial charge on any atom is 0.397 e. The molecule has 1 amide bonds. The van der Waals surface area contributed by atoms with Crippen molar-refractivity contribution >= 4 is 23.3 Å².